The number of anilines is 1. The van der Waals surface area contributed by atoms with Gasteiger partial charge in [-0.15, -0.1) is 11.8 Å². The van der Waals surface area contributed by atoms with Crippen molar-refractivity contribution in [1.82, 2.24) is 4.98 Å². The molecule has 0 aliphatic carbocycles. The maximum atomic E-state index is 12.1. The lowest BCUT2D eigenvalue weighted by Gasteiger charge is -2.17. The molecule has 1 amide bonds. The van der Waals surface area contributed by atoms with E-state index < -0.39 is 0 Å². The van der Waals surface area contributed by atoms with Gasteiger partial charge in [-0.2, -0.15) is 0 Å². The van der Waals surface area contributed by atoms with Crippen molar-refractivity contribution in [3.05, 3.63) is 42.5 Å². The van der Waals surface area contributed by atoms with Gasteiger partial charge in [0.25, 0.3) is 0 Å². The summed E-state index contributed by atoms with van der Waals surface area (Å²) in [5, 5.41) is 3.45. The number of rotatable bonds is 4. The van der Waals surface area contributed by atoms with E-state index in [1.54, 1.807) is 0 Å². The van der Waals surface area contributed by atoms with Crippen molar-refractivity contribution in [2.24, 2.45) is 0 Å². The topological polar surface area (TPSA) is 60.5 Å². The van der Waals surface area contributed by atoms with Gasteiger partial charge >= 0.3 is 0 Å². The Hall–Kier alpha value is -2.25. The molecule has 4 rings (SSSR count). The van der Waals surface area contributed by atoms with E-state index in [4.69, 9.17) is 9.47 Å². The molecule has 1 aliphatic rings. The molecule has 2 heterocycles. The Labute approximate surface area is 147 Å². The highest BCUT2D eigenvalue weighted by Crippen LogP contribution is 2.37. The maximum Gasteiger partial charge on any atom is 0.236 e. The van der Waals surface area contributed by atoms with E-state index in [1.165, 1.54) is 23.1 Å². The quantitative estimate of drug-likeness (QED) is 0.719. The van der Waals surface area contributed by atoms with Crippen molar-refractivity contribution < 1.29 is 14.3 Å². The Balaban J connectivity index is 1.45. The smallest absolute Gasteiger partial charge is 0.236 e. The van der Waals surface area contributed by atoms with Gasteiger partial charge in [0.1, 0.15) is 13.2 Å². The SMILES string of the molecule is O=C(CSc1ccccc1)Nc1nc2cc3c(cc2s1)OCCO3. The molecule has 0 atom stereocenters. The number of hydrogen-bond donors (Lipinski definition) is 1. The fraction of sp³-hybridized carbons (Fsp3) is 0.176. The molecule has 0 fully saturated rings. The number of aromatic nitrogens is 1. The molecule has 2 aromatic carbocycles. The van der Waals surface area contributed by atoms with Crippen LogP contribution in [0.25, 0.3) is 10.2 Å². The monoisotopic (exact) mass is 358 g/mol. The van der Waals surface area contributed by atoms with Gasteiger partial charge in [0.05, 0.1) is 16.0 Å². The van der Waals surface area contributed by atoms with Crippen LogP contribution >= 0.6 is 23.1 Å². The lowest BCUT2D eigenvalue weighted by atomic mass is 10.3. The predicted octanol–water partition coefficient (Wildman–Crippen LogP) is 3.80. The summed E-state index contributed by atoms with van der Waals surface area (Å²) in [6.45, 7) is 1.10. The Bertz CT molecular complexity index is 837. The average Bonchev–Trinajstić information content (AvgIpc) is 2.99. The summed E-state index contributed by atoms with van der Waals surface area (Å²) < 4.78 is 12.1. The summed E-state index contributed by atoms with van der Waals surface area (Å²) in [7, 11) is 0. The summed E-state index contributed by atoms with van der Waals surface area (Å²) in [5.41, 5.74) is 0.801. The first kappa shape index (κ1) is 15.3. The van der Waals surface area contributed by atoms with Crippen LogP contribution in [0.4, 0.5) is 5.13 Å². The maximum absolute atomic E-state index is 12.1. The van der Waals surface area contributed by atoms with Crippen LogP contribution in [0.1, 0.15) is 0 Å². The Kier molecular flexibility index (Phi) is 4.27. The zero-order valence-corrected chi connectivity index (χ0v) is 14.3. The number of amides is 1. The van der Waals surface area contributed by atoms with E-state index in [9.17, 15) is 4.79 Å². The second kappa shape index (κ2) is 6.70. The molecular weight excluding hydrogens is 344 g/mol. The van der Waals surface area contributed by atoms with Crippen LogP contribution in [0.5, 0.6) is 11.5 Å². The number of carbonyl (C=O) groups excluding carboxylic acids is 1. The molecular formula is C17H14N2O3S2. The van der Waals surface area contributed by atoms with Crippen molar-refractivity contribution in [3.8, 4) is 11.5 Å². The molecule has 5 nitrogen and oxygen atoms in total. The Morgan fingerprint density at radius 3 is 2.71 bits per heavy atom. The molecule has 1 N–H and O–H groups in total. The van der Waals surface area contributed by atoms with Gasteiger partial charge in [0.15, 0.2) is 16.6 Å². The van der Waals surface area contributed by atoms with E-state index in [0.717, 1.165) is 20.9 Å². The van der Waals surface area contributed by atoms with Crippen LogP contribution < -0.4 is 14.8 Å². The van der Waals surface area contributed by atoms with Gasteiger partial charge in [-0.05, 0) is 12.1 Å². The lowest BCUT2D eigenvalue weighted by molar-refractivity contribution is -0.113. The number of thioether (sulfide) groups is 1. The standard InChI is InChI=1S/C17H14N2O3S2/c20-16(10-23-11-4-2-1-3-5-11)19-17-18-12-8-13-14(9-15(12)24-17)22-7-6-21-13/h1-5,8-9H,6-7,10H2,(H,18,19,20). The number of benzene rings is 2. The lowest BCUT2D eigenvalue weighted by Crippen LogP contribution is -2.15. The molecule has 24 heavy (non-hydrogen) atoms. The minimum absolute atomic E-state index is 0.0693. The minimum Gasteiger partial charge on any atom is -0.486 e. The zero-order valence-electron chi connectivity index (χ0n) is 12.7. The van der Waals surface area contributed by atoms with Gasteiger partial charge in [-0.3, -0.25) is 4.79 Å². The summed E-state index contributed by atoms with van der Waals surface area (Å²) in [5.74, 6) is 1.72. The van der Waals surface area contributed by atoms with Crippen molar-refractivity contribution in [3.63, 3.8) is 0 Å². The molecule has 1 aromatic heterocycles. The first-order valence-electron chi connectivity index (χ1n) is 7.46. The van der Waals surface area contributed by atoms with Crippen LogP contribution in [0.15, 0.2) is 47.4 Å². The van der Waals surface area contributed by atoms with Crippen LogP contribution in [-0.2, 0) is 4.79 Å². The highest BCUT2D eigenvalue weighted by atomic mass is 32.2. The third-order valence-electron chi connectivity index (χ3n) is 3.41. The first-order chi connectivity index (χ1) is 11.8. The van der Waals surface area contributed by atoms with E-state index in [0.29, 0.717) is 29.8 Å². The van der Waals surface area contributed by atoms with E-state index >= 15 is 0 Å². The first-order valence-corrected chi connectivity index (χ1v) is 9.26. The number of fused-ring (bicyclic) bond motifs is 2. The van der Waals surface area contributed by atoms with Crippen molar-refractivity contribution in [2.45, 2.75) is 4.90 Å². The fourth-order valence-electron chi connectivity index (χ4n) is 2.34. The molecule has 0 saturated heterocycles. The van der Waals surface area contributed by atoms with Crippen LogP contribution in [-0.4, -0.2) is 29.9 Å². The Morgan fingerprint density at radius 2 is 1.92 bits per heavy atom. The van der Waals surface area contributed by atoms with Gasteiger partial charge < -0.3 is 14.8 Å². The number of hydrogen-bond acceptors (Lipinski definition) is 6. The van der Waals surface area contributed by atoms with Crippen molar-refractivity contribution in [2.75, 3.05) is 24.3 Å². The van der Waals surface area contributed by atoms with Gasteiger partial charge in [0, 0.05) is 17.0 Å². The molecule has 7 heteroatoms. The summed E-state index contributed by atoms with van der Waals surface area (Å²) in [4.78, 5) is 17.6. The third-order valence-corrected chi connectivity index (χ3v) is 5.36. The van der Waals surface area contributed by atoms with E-state index in [2.05, 4.69) is 10.3 Å². The molecule has 0 saturated carbocycles. The van der Waals surface area contributed by atoms with Crippen LogP contribution in [0.3, 0.4) is 0 Å². The van der Waals surface area contributed by atoms with Crippen molar-refractivity contribution >= 4 is 44.4 Å². The minimum atomic E-state index is -0.0693. The fourth-order valence-corrected chi connectivity index (χ4v) is 3.95. The largest absolute Gasteiger partial charge is 0.486 e. The molecule has 0 spiro atoms. The summed E-state index contributed by atoms with van der Waals surface area (Å²) in [6, 6.07) is 13.6. The normalized spacial score (nSPS) is 13.0. The molecule has 0 radical (unpaired) electrons. The predicted molar refractivity (Wildman–Crippen MR) is 96.4 cm³/mol. The highest BCUT2D eigenvalue weighted by Gasteiger charge is 2.16. The number of thiazole rings is 1. The van der Waals surface area contributed by atoms with Gasteiger partial charge in [-0.25, -0.2) is 4.98 Å². The van der Waals surface area contributed by atoms with E-state index in [1.807, 2.05) is 42.5 Å². The Morgan fingerprint density at radius 1 is 1.17 bits per heavy atom. The number of carbonyl (C=O) groups is 1. The molecule has 3 aromatic rings. The molecule has 122 valence electrons. The molecule has 1 aliphatic heterocycles. The van der Waals surface area contributed by atoms with Crippen molar-refractivity contribution in [1.29, 1.82) is 0 Å². The number of nitrogens with one attached hydrogen (secondary N) is 1. The number of nitrogens with zero attached hydrogens (tertiary/aromatic N) is 1. The summed E-state index contributed by atoms with van der Waals surface area (Å²) >= 11 is 2.93. The second-order valence-corrected chi connectivity index (χ2v) is 7.21. The van der Waals surface area contributed by atoms with Gasteiger partial charge in [0.2, 0.25) is 5.91 Å². The average molecular weight is 358 g/mol. The van der Waals surface area contributed by atoms with Crippen LogP contribution in [0.2, 0.25) is 0 Å². The highest BCUT2D eigenvalue weighted by molar-refractivity contribution is 8.00. The summed E-state index contributed by atoms with van der Waals surface area (Å²) in [6.07, 6.45) is 0. The van der Waals surface area contributed by atoms with Crippen LogP contribution in [0, 0.1) is 0 Å². The van der Waals surface area contributed by atoms with Gasteiger partial charge in [-0.1, -0.05) is 29.5 Å². The number of ether oxygens (including phenoxy) is 2. The molecule has 0 unspecified atom stereocenters. The second-order valence-electron chi connectivity index (χ2n) is 5.13. The zero-order chi connectivity index (χ0) is 16.4. The third kappa shape index (κ3) is 3.32. The van der Waals surface area contributed by atoms with E-state index in [-0.39, 0.29) is 5.91 Å². The molecule has 0 bridgehead atoms.